The van der Waals surface area contributed by atoms with Crippen LogP contribution < -0.4 is 9.64 Å². The van der Waals surface area contributed by atoms with Crippen LogP contribution in [0.25, 0.3) is 11.3 Å². The number of para-hydroxylation sites is 1. The van der Waals surface area contributed by atoms with E-state index in [0.717, 1.165) is 16.1 Å². The SMILES string of the molecule is C=CCSc1nnc2c(n1)OC(c1cccs1)N(C(C)=O)c1ccccc1-2. The average Bonchev–Trinajstić information content (AvgIpc) is 3.16. The fraction of sp³-hybridized carbons (Fsp3) is 0.158. The Labute approximate surface area is 164 Å². The van der Waals surface area contributed by atoms with Crippen molar-refractivity contribution in [3.05, 3.63) is 59.3 Å². The fourth-order valence-corrected chi connectivity index (χ4v) is 4.12. The van der Waals surface area contributed by atoms with Gasteiger partial charge in [0, 0.05) is 18.2 Å². The predicted octanol–water partition coefficient (Wildman–Crippen LogP) is 4.32. The topological polar surface area (TPSA) is 68.2 Å². The lowest BCUT2D eigenvalue weighted by Crippen LogP contribution is -2.35. The predicted molar refractivity (Wildman–Crippen MR) is 107 cm³/mol. The molecule has 0 bridgehead atoms. The minimum Gasteiger partial charge on any atom is -0.446 e. The minimum atomic E-state index is -0.612. The number of ether oxygens (including phenoxy) is 1. The van der Waals surface area contributed by atoms with Crippen molar-refractivity contribution in [1.29, 1.82) is 0 Å². The van der Waals surface area contributed by atoms with Gasteiger partial charge in [-0.25, -0.2) is 0 Å². The number of benzene rings is 1. The Hall–Kier alpha value is -2.71. The maximum atomic E-state index is 12.6. The number of carbonyl (C=O) groups is 1. The zero-order valence-corrected chi connectivity index (χ0v) is 16.2. The monoisotopic (exact) mass is 396 g/mol. The van der Waals surface area contributed by atoms with E-state index in [1.165, 1.54) is 30.0 Å². The summed E-state index contributed by atoms with van der Waals surface area (Å²) in [4.78, 5) is 19.7. The molecular formula is C19H16N4O2S2. The van der Waals surface area contributed by atoms with Crippen LogP contribution in [0.15, 0.2) is 59.6 Å². The standard InChI is InChI=1S/C19H16N4O2S2/c1-3-10-27-19-20-17-16(21-22-19)13-7-4-5-8-14(13)23(12(2)24)18(25-17)15-9-6-11-26-15/h3-9,11,18H,1,10H2,2H3. The first-order valence-corrected chi connectivity index (χ1v) is 10.1. The van der Waals surface area contributed by atoms with Crippen molar-refractivity contribution in [2.24, 2.45) is 0 Å². The van der Waals surface area contributed by atoms with Gasteiger partial charge < -0.3 is 4.74 Å². The second kappa shape index (κ2) is 7.50. The minimum absolute atomic E-state index is 0.122. The summed E-state index contributed by atoms with van der Waals surface area (Å²) < 4.78 is 6.24. The molecule has 0 saturated carbocycles. The maximum absolute atomic E-state index is 12.6. The smallest absolute Gasteiger partial charge is 0.247 e. The van der Waals surface area contributed by atoms with Crippen molar-refractivity contribution < 1.29 is 9.53 Å². The molecule has 0 radical (unpaired) electrons. The highest BCUT2D eigenvalue weighted by Crippen LogP contribution is 2.43. The molecular weight excluding hydrogens is 380 g/mol. The molecule has 0 N–H and O–H groups in total. The van der Waals surface area contributed by atoms with Crippen molar-refractivity contribution in [1.82, 2.24) is 15.2 Å². The number of hydrogen-bond donors (Lipinski definition) is 0. The first-order chi connectivity index (χ1) is 13.2. The Kier molecular flexibility index (Phi) is 4.91. The molecule has 3 aromatic rings. The Morgan fingerprint density at radius 2 is 2.19 bits per heavy atom. The molecule has 3 heterocycles. The molecule has 0 spiro atoms. The van der Waals surface area contributed by atoms with Crippen LogP contribution in [0.1, 0.15) is 18.0 Å². The van der Waals surface area contributed by atoms with Gasteiger partial charge in [-0.1, -0.05) is 42.1 Å². The third-order valence-corrected chi connectivity index (χ3v) is 5.70. The fourth-order valence-electron chi connectivity index (χ4n) is 2.86. The second-order valence-corrected chi connectivity index (χ2v) is 7.71. The molecule has 1 unspecified atom stereocenters. The van der Waals surface area contributed by atoms with Gasteiger partial charge in [-0.2, -0.15) is 4.98 Å². The Bertz CT molecular complexity index is 991. The molecule has 6 nitrogen and oxygen atoms in total. The molecule has 1 atom stereocenters. The number of thioether (sulfide) groups is 1. The van der Waals surface area contributed by atoms with Gasteiger partial charge in [-0.15, -0.1) is 28.1 Å². The van der Waals surface area contributed by atoms with Gasteiger partial charge in [0.25, 0.3) is 0 Å². The van der Waals surface area contributed by atoms with E-state index in [-0.39, 0.29) is 5.91 Å². The number of anilines is 1. The molecule has 1 amide bonds. The first kappa shape index (κ1) is 17.7. The molecule has 1 aliphatic rings. The van der Waals surface area contributed by atoms with Gasteiger partial charge in [-0.05, 0) is 17.5 Å². The van der Waals surface area contributed by atoms with E-state index in [9.17, 15) is 4.79 Å². The Balaban J connectivity index is 1.90. The molecule has 4 rings (SSSR count). The molecule has 0 saturated heterocycles. The maximum Gasteiger partial charge on any atom is 0.247 e. The lowest BCUT2D eigenvalue weighted by molar-refractivity contribution is -0.118. The van der Waals surface area contributed by atoms with Crippen LogP contribution in [0.4, 0.5) is 5.69 Å². The van der Waals surface area contributed by atoms with Crippen molar-refractivity contribution in [3.63, 3.8) is 0 Å². The molecule has 0 aliphatic carbocycles. The van der Waals surface area contributed by atoms with E-state index < -0.39 is 6.23 Å². The average molecular weight is 396 g/mol. The van der Waals surface area contributed by atoms with Gasteiger partial charge in [0.1, 0.15) is 0 Å². The van der Waals surface area contributed by atoms with Crippen LogP contribution in [-0.4, -0.2) is 26.8 Å². The summed E-state index contributed by atoms with van der Waals surface area (Å²) in [6, 6.07) is 11.5. The number of hydrogen-bond acceptors (Lipinski definition) is 7. The summed E-state index contributed by atoms with van der Waals surface area (Å²) in [5.41, 5.74) is 2.02. The number of thiophene rings is 1. The van der Waals surface area contributed by atoms with Crippen molar-refractivity contribution in [2.45, 2.75) is 18.3 Å². The van der Waals surface area contributed by atoms with Gasteiger partial charge in [0.05, 0.1) is 10.6 Å². The quantitative estimate of drug-likeness (QED) is 0.483. The molecule has 2 aromatic heterocycles. The highest BCUT2D eigenvalue weighted by atomic mass is 32.2. The summed E-state index contributed by atoms with van der Waals surface area (Å²) >= 11 is 2.95. The number of amides is 1. The van der Waals surface area contributed by atoms with E-state index in [0.29, 0.717) is 22.5 Å². The molecule has 0 fully saturated rings. The number of aromatic nitrogens is 3. The van der Waals surface area contributed by atoms with Crippen molar-refractivity contribution in [2.75, 3.05) is 10.7 Å². The summed E-state index contributed by atoms with van der Waals surface area (Å²) in [7, 11) is 0. The molecule has 1 aliphatic heterocycles. The van der Waals surface area contributed by atoms with E-state index in [4.69, 9.17) is 4.74 Å². The number of carbonyl (C=O) groups excluding carboxylic acids is 1. The Morgan fingerprint density at radius 3 is 2.93 bits per heavy atom. The van der Waals surface area contributed by atoms with E-state index in [2.05, 4.69) is 21.8 Å². The number of nitrogens with zero attached hydrogens (tertiary/aromatic N) is 4. The van der Waals surface area contributed by atoms with Crippen LogP contribution in [-0.2, 0) is 4.79 Å². The number of rotatable bonds is 4. The zero-order chi connectivity index (χ0) is 18.8. The Morgan fingerprint density at radius 1 is 1.33 bits per heavy atom. The molecule has 8 heteroatoms. The largest absolute Gasteiger partial charge is 0.446 e. The van der Waals surface area contributed by atoms with Crippen LogP contribution in [0.3, 0.4) is 0 Å². The molecule has 136 valence electrons. The normalized spacial score (nSPS) is 15.3. The zero-order valence-electron chi connectivity index (χ0n) is 14.5. The van der Waals surface area contributed by atoms with E-state index in [1.54, 1.807) is 11.0 Å². The highest BCUT2D eigenvalue weighted by Gasteiger charge is 2.34. The highest BCUT2D eigenvalue weighted by molar-refractivity contribution is 7.99. The van der Waals surface area contributed by atoms with Gasteiger partial charge >= 0.3 is 0 Å². The number of fused-ring (bicyclic) bond motifs is 3. The van der Waals surface area contributed by atoms with Crippen LogP contribution in [0, 0.1) is 0 Å². The van der Waals surface area contributed by atoms with Crippen molar-refractivity contribution in [3.8, 4) is 17.1 Å². The summed E-state index contributed by atoms with van der Waals surface area (Å²) in [5, 5.41) is 11.0. The van der Waals surface area contributed by atoms with Gasteiger partial charge in [0.2, 0.25) is 23.2 Å². The van der Waals surface area contributed by atoms with Crippen LogP contribution in [0.2, 0.25) is 0 Å². The lowest BCUT2D eigenvalue weighted by Gasteiger charge is -2.28. The van der Waals surface area contributed by atoms with Crippen LogP contribution in [0.5, 0.6) is 5.88 Å². The van der Waals surface area contributed by atoms with E-state index in [1.807, 2.05) is 41.8 Å². The van der Waals surface area contributed by atoms with Crippen LogP contribution >= 0.6 is 23.1 Å². The first-order valence-electron chi connectivity index (χ1n) is 8.26. The van der Waals surface area contributed by atoms with Gasteiger partial charge in [-0.3, -0.25) is 9.69 Å². The third kappa shape index (κ3) is 3.33. The second-order valence-electron chi connectivity index (χ2n) is 5.74. The van der Waals surface area contributed by atoms with E-state index >= 15 is 0 Å². The summed E-state index contributed by atoms with van der Waals surface area (Å²) in [5.74, 6) is 0.916. The molecule has 27 heavy (non-hydrogen) atoms. The summed E-state index contributed by atoms with van der Waals surface area (Å²) in [6.07, 6.45) is 1.17. The summed E-state index contributed by atoms with van der Waals surface area (Å²) in [6.45, 7) is 5.24. The molecule has 1 aromatic carbocycles. The lowest BCUT2D eigenvalue weighted by atomic mass is 10.1. The van der Waals surface area contributed by atoms with Gasteiger partial charge in [0.15, 0.2) is 5.69 Å². The third-order valence-electron chi connectivity index (χ3n) is 3.97. The van der Waals surface area contributed by atoms with Crippen molar-refractivity contribution >= 4 is 34.7 Å².